The Hall–Kier alpha value is -0.340. The van der Waals surface area contributed by atoms with Gasteiger partial charge < -0.3 is 10.4 Å². The lowest BCUT2D eigenvalue weighted by Crippen LogP contribution is -2.56. The monoisotopic (exact) mass is 181 g/mol. The van der Waals surface area contributed by atoms with Crippen LogP contribution in [0.3, 0.4) is 0 Å². The lowest BCUT2D eigenvalue weighted by Gasteiger charge is -2.46. The molecule has 2 nitrogen and oxygen atoms in total. The molecule has 0 aromatic carbocycles. The van der Waals surface area contributed by atoms with Gasteiger partial charge in [0, 0.05) is 12.0 Å². The number of piperidine rings is 1. The quantitative estimate of drug-likeness (QED) is 0.600. The van der Waals surface area contributed by atoms with Gasteiger partial charge in [-0.25, -0.2) is 0 Å². The molecule has 1 heterocycles. The average molecular weight is 181 g/mol. The van der Waals surface area contributed by atoms with Crippen LogP contribution in [0.2, 0.25) is 0 Å². The van der Waals surface area contributed by atoms with Gasteiger partial charge in [-0.15, -0.1) is 6.58 Å². The van der Waals surface area contributed by atoms with Crippen molar-refractivity contribution in [3.63, 3.8) is 0 Å². The standard InChI is InChI=1S/C11H19NO/c1-2-11(13)7-8-12-10-6-4-3-5-9(10)11/h2,9-10,12-13H,1,3-8H2/t9-,10-,11?/m1/s1. The Bertz CT molecular complexity index is 202. The molecule has 0 amide bonds. The molecule has 2 heteroatoms. The Labute approximate surface area is 80.0 Å². The highest BCUT2D eigenvalue weighted by Gasteiger charge is 2.42. The number of hydrogen-bond donors (Lipinski definition) is 2. The molecule has 1 aliphatic carbocycles. The van der Waals surface area contributed by atoms with Crippen LogP contribution in [-0.2, 0) is 0 Å². The molecule has 0 bridgehead atoms. The minimum atomic E-state index is -0.587. The van der Waals surface area contributed by atoms with E-state index in [2.05, 4.69) is 11.9 Å². The summed E-state index contributed by atoms with van der Waals surface area (Å²) >= 11 is 0. The molecule has 13 heavy (non-hydrogen) atoms. The van der Waals surface area contributed by atoms with Crippen LogP contribution < -0.4 is 5.32 Å². The van der Waals surface area contributed by atoms with Crippen molar-refractivity contribution in [2.24, 2.45) is 5.92 Å². The molecule has 0 aromatic rings. The number of fused-ring (bicyclic) bond motifs is 1. The van der Waals surface area contributed by atoms with Crippen molar-refractivity contribution in [1.82, 2.24) is 5.32 Å². The maximum atomic E-state index is 10.3. The van der Waals surface area contributed by atoms with E-state index in [0.717, 1.165) is 19.4 Å². The maximum absolute atomic E-state index is 10.3. The molecule has 2 fully saturated rings. The zero-order valence-corrected chi connectivity index (χ0v) is 8.13. The smallest absolute Gasteiger partial charge is 0.0880 e. The zero-order valence-electron chi connectivity index (χ0n) is 8.13. The van der Waals surface area contributed by atoms with Gasteiger partial charge in [-0.3, -0.25) is 0 Å². The second-order valence-corrected chi connectivity index (χ2v) is 4.40. The van der Waals surface area contributed by atoms with Crippen LogP contribution in [0.1, 0.15) is 32.1 Å². The van der Waals surface area contributed by atoms with Crippen molar-refractivity contribution in [2.75, 3.05) is 6.54 Å². The van der Waals surface area contributed by atoms with Crippen molar-refractivity contribution in [1.29, 1.82) is 0 Å². The molecule has 2 N–H and O–H groups in total. The van der Waals surface area contributed by atoms with Gasteiger partial charge in [0.25, 0.3) is 0 Å². The van der Waals surface area contributed by atoms with E-state index >= 15 is 0 Å². The Balaban J connectivity index is 2.15. The summed E-state index contributed by atoms with van der Waals surface area (Å²) in [6.07, 6.45) is 7.54. The molecule has 74 valence electrons. The van der Waals surface area contributed by atoms with E-state index < -0.39 is 5.60 Å². The van der Waals surface area contributed by atoms with E-state index in [0.29, 0.717) is 12.0 Å². The van der Waals surface area contributed by atoms with Crippen molar-refractivity contribution in [3.05, 3.63) is 12.7 Å². The first-order chi connectivity index (χ1) is 6.26. The van der Waals surface area contributed by atoms with Crippen molar-refractivity contribution in [2.45, 2.75) is 43.7 Å². The van der Waals surface area contributed by atoms with Gasteiger partial charge in [0.2, 0.25) is 0 Å². The first-order valence-electron chi connectivity index (χ1n) is 5.35. The lowest BCUT2D eigenvalue weighted by molar-refractivity contribution is -0.0329. The van der Waals surface area contributed by atoms with Crippen molar-refractivity contribution >= 4 is 0 Å². The molecule has 0 spiro atoms. The van der Waals surface area contributed by atoms with E-state index in [1.54, 1.807) is 6.08 Å². The molecule has 2 rings (SSSR count). The largest absolute Gasteiger partial charge is 0.385 e. The molecule has 3 atom stereocenters. The third-order valence-electron chi connectivity index (χ3n) is 3.69. The number of rotatable bonds is 1. The summed E-state index contributed by atoms with van der Waals surface area (Å²) in [6, 6.07) is 0.533. The molecular formula is C11H19NO. The summed E-state index contributed by atoms with van der Waals surface area (Å²) in [5.74, 6) is 0.410. The second-order valence-electron chi connectivity index (χ2n) is 4.40. The summed E-state index contributed by atoms with van der Waals surface area (Å²) in [4.78, 5) is 0. The van der Waals surface area contributed by atoms with E-state index in [1.165, 1.54) is 19.3 Å². The molecule has 1 saturated heterocycles. The fourth-order valence-electron chi connectivity index (χ4n) is 2.87. The highest BCUT2D eigenvalue weighted by molar-refractivity contribution is 5.08. The molecule has 0 aromatic heterocycles. The van der Waals surface area contributed by atoms with Crippen molar-refractivity contribution in [3.8, 4) is 0 Å². The van der Waals surface area contributed by atoms with Gasteiger partial charge in [-0.05, 0) is 25.8 Å². The third kappa shape index (κ3) is 1.53. The van der Waals surface area contributed by atoms with Gasteiger partial charge >= 0.3 is 0 Å². The van der Waals surface area contributed by atoms with Crippen LogP contribution in [0.5, 0.6) is 0 Å². The van der Waals surface area contributed by atoms with Crippen LogP contribution >= 0.6 is 0 Å². The summed E-state index contributed by atoms with van der Waals surface area (Å²) in [5, 5.41) is 13.8. The second kappa shape index (κ2) is 3.43. The predicted octanol–water partition coefficient (Wildman–Crippen LogP) is 1.46. The minimum Gasteiger partial charge on any atom is -0.385 e. The molecule has 2 aliphatic rings. The fraction of sp³-hybridized carbons (Fsp3) is 0.818. The van der Waals surface area contributed by atoms with E-state index in [-0.39, 0.29) is 0 Å². The Morgan fingerprint density at radius 3 is 2.92 bits per heavy atom. The number of nitrogens with one attached hydrogen (secondary N) is 1. The minimum absolute atomic E-state index is 0.410. The predicted molar refractivity (Wildman–Crippen MR) is 53.5 cm³/mol. The molecule has 1 saturated carbocycles. The van der Waals surface area contributed by atoms with Crippen LogP contribution in [0, 0.1) is 5.92 Å². The maximum Gasteiger partial charge on any atom is 0.0880 e. The highest BCUT2D eigenvalue weighted by atomic mass is 16.3. The van der Waals surface area contributed by atoms with Gasteiger partial charge in [0.05, 0.1) is 5.60 Å². The van der Waals surface area contributed by atoms with Gasteiger partial charge in [0.1, 0.15) is 0 Å². The highest BCUT2D eigenvalue weighted by Crippen LogP contribution is 2.38. The Morgan fingerprint density at radius 1 is 1.38 bits per heavy atom. The van der Waals surface area contributed by atoms with E-state index in [9.17, 15) is 5.11 Å². The summed E-state index contributed by atoms with van der Waals surface area (Å²) in [7, 11) is 0. The van der Waals surface area contributed by atoms with E-state index in [1.807, 2.05) is 0 Å². The summed E-state index contributed by atoms with van der Waals surface area (Å²) < 4.78 is 0. The van der Waals surface area contributed by atoms with Gasteiger partial charge in [0.15, 0.2) is 0 Å². The van der Waals surface area contributed by atoms with Crippen LogP contribution in [0.25, 0.3) is 0 Å². The van der Waals surface area contributed by atoms with Crippen molar-refractivity contribution < 1.29 is 5.11 Å². The zero-order chi connectivity index (χ0) is 9.31. The number of hydrogen-bond acceptors (Lipinski definition) is 2. The molecule has 1 unspecified atom stereocenters. The van der Waals surface area contributed by atoms with Gasteiger partial charge in [-0.1, -0.05) is 18.9 Å². The van der Waals surface area contributed by atoms with Crippen LogP contribution in [0.15, 0.2) is 12.7 Å². The van der Waals surface area contributed by atoms with Crippen LogP contribution in [-0.4, -0.2) is 23.3 Å². The first kappa shape index (κ1) is 9.22. The summed E-state index contributed by atoms with van der Waals surface area (Å²) in [5.41, 5.74) is -0.587. The topological polar surface area (TPSA) is 32.3 Å². The first-order valence-corrected chi connectivity index (χ1v) is 5.35. The molecule has 1 aliphatic heterocycles. The lowest BCUT2D eigenvalue weighted by atomic mass is 9.70. The third-order valence-corrected chi connectivity index (χ3v) is 3.69. The average Bonchev–Trinajstić information content (AvgIpc) is 2.19. The summed E-state index contributed by atoms with van der Waals surface area (Å²) in [6.45, 7) is 4.70. The van der Waals surface area contributed by atoms with Crippen LogP contribution in [0.4, 0.5) is 0 Å². The Morgan fingerprint density at radius 2 is 2.15 bits per heavy atom. The Kier molecular flexibility index (Phi) is 2.43. The molecular weight excluding hydrogens is 162 g/mol. The SMILES string of the molecule is C=CC1(O)CCN[C@@H]2CCCC[C@H]21. The molecule has 0 radical (unpaired) electrons. The van der Waals surface area contributed by atoms with Gasteiger partial charge in [-0.2, -0.15) is 0 Å². The number of aliphatic hydroxyl groups is 1. The normalized spacial score (nSPS) is 45.3. The van der Waals surface area contributed by atoms with E-state index in [4.69, 9.17) is 0 Å². The fourth-order valence-corrected chi connectivity index (χ4v) is 2.87.